The normalized spacial score (nSPS) is 12.0. The number of H-pyrrole nitrogens is 1. The summed E-state index contributed by atoms with van der Waals surface area (Å²) in [6.07, 6.45) is -4.44. The number of alkyl halides is 3. The number of rotatable bonds is 1. The van der Waals surface area contributed by atoms with Gasteiger partial charge in [-0.15, -0.1) is 0 Å². The Bertz CT molecular complexity index is 821. The van der Waals surface area contributed by atoms with Gasteiger partial charge in [-0.25, -0.2) is 9.37 Å². The highest BCUT2D eigenvalue weighted by molar-refractivity contribution is 5.80. The largest absolute Gasteiger partial charge is 0.416 e. The van der Waals surface area contributed by atoms with E-state index in [-0.39, 0.29) is 16.9 Å². The van der Waals surface area contributed by atoms with Crippen LogP contribution in [0.15, 0.2) is 36.4 Å². The van der Waals surface area contributed by atoms with Crippen LogP contribution in [-0.2, 0) is 6.18 Å². The van der Waals surface area contributed by atoms with Gasteiger partial charge < -0.3 is 10.7 Å². The third kappa shape index (κ3) is 2.42. The Labute approximate surface area is 116 Å². The van der Waals surface area contributed by atoms with Gasteiger partial charge in [0.15, 0.2) is 0 Å². The third-order valence-corrected chi connectivity index (χ3v) is 3.05. The maximum Gasteiger partial charge on any atom is 0.416 e. The summed E-state index contributed by atoms with van der Waals surface area (Å²) in [5, 5.41) is 0. The highest BCUT2D eigenvalue weighted by atomic mass is 19.4. The lowest BCUT2D eigenvalue weighted by atomic mass is 10.2. The first kappa shape index (κ1) is 13.4. The highest BCUT2D eigenvalue weighted by Crippen LogP contribution is 2.32. The SMILES string of the molecule is Nc1ccc(F)c(-c2nc3ccc(C(F)(F)F)cc3[nH]2)c1. The summed E-state index contributed by atoms with van der Waals surface area (Å²) in [6.45, 7) is 0. The second-order valence-corrected chi connectivity index (χ2v) is 4.55. The number of halogens is 4. The molecule has 0 saturated carbocycles. The van der Waals surface area contributed by atoms with Crippen molar-refractivity contribution in [3.8, 4) is 11.4 Å². The van der Waals surface area contributed by atoms with Gasteiger partial charge in [-0.3, -0.25) is 0 Å². The molecule has 0 radical (unpaired) electrons. The minimum Gasteiger partial charge on any atom is -0.399 e. The molecule has 7 heteroatoms. The summed E-state index contributed by atoms with van der Waals surface area (Å²) in [5.74, 6) is -0.423. The molecule has 3 N–H and O–H groups in total. The number of aromatic nitrogens is 2. The first-order valence-corrected chi connectivity index (χ1v) is 5.97. The molecule has 1 aromatic heterocycles. The topological polar surface area (TPSA) is 54.7 Å². The number of hydrogen-bond acceptors (Lipinski definition) is 2. The predicted octanol–water partition coefficient (Wildman–Crippen LogP) is 3.97. The van der Waals surface area contributed by atoms with E-state index in [2.05, 4.69) is 9.97 Å². The van der Waals surface area contributed by atoms with Crippen LogP contribution in [0.4, 0.5) is 23.2 Å². The second-order valence-electron chi connectivity index (χ2n) is 4.55. The van der Waals surface area contributed by atoms with Crippen molar-refractivity contribution in [3.63, 3.8) is 0 Å². The van der Waals surface area contributed by atoms with Crippen LogP contribution in [0.3, 0.4) is 0 Å². The van der Waals surface area contributed by atoms with Crippen LogP contribution < -0.4 is 5.73 Å². The molecule has 0 fully saturated rings. The molecular formula is C14H9F4N3. The number of benzene rings is 2. The van der Waals surface area contributed by atoms with Crippen LogP contribution in [0, 0.1) is 5.82 Å². The lowest BCUT2D eigenvalue weighted by molar-refractivity contribution is -0.137. The summed E-state index contributed by atoms with van der Waals surface area (Å²) in [6, 6.07) is 7.06. The smallest absolute Gasteiger partial charge is 0.399 e. The summed E-state index contributed by atoms with van der Waals surface area (Å²) in [4.78, 5) is 6.78. The second kappa shape index (κ2) is 4.47. The molecule has 0 bridgehead atoms. The van der Waals surface area contributed by atoms with Crippen molar-refractivity contribution in [2.45, 2.75) is 6.18 Å². The fourth-order valence-corrected chi connectivity index (χ4v) is 2.04. The van der Waals surface area contributed by atoms with E-state index in [1.54, 1.807) is 0 Å². The van der Waals surface area contributed by atoms with Crippen molar-refractivity contribution >= 4 is 16.7 Å². The molecule has 0 amide bonds. The molecule has 3 rings (SSSR count). The molecule has 0 spiro atoms. The van der Waals surface area contributed by atoms with E-state index in [0.29, 0.717) is 11.2 Å². The zero-order valence-electron chi connectivity index (χ0n) is 10.5. The Hall–Kier alpha value is -2.57. The van der Waals surface area contributed by atoms with Crippen molar-refractivity contribution in [1.29, 1.82) is 0 Å². The number of fused-ring (bicyclic) bond motifs is 1. The van der Waals surface area contributed by atoms with Crippen LogP contribution in [0.5, 0.6) is 0 Å². The van der Waals surface area contributed by atoms with Crippen LogP contribution in [-0.4, -0.2) is 9.97 Å². The molecule has 0 saturated heterocycles. The van der Waals surface area contributed by atoms with E-state index in [0.717, 1.165) is 12.1 Å². The maximum atomic E-state index is 13.8. The lowest BCUT2D eigenvalue weighted by Crippen LogP contribution is -2.04. The fourth-order valence-electron chi connectivity index (χ4n) is 2.04. The maximum absolute atomic E-state index is 13.8. The Morgan fingerprint density at radius 3 is 2.52 bits per heavy atom. The van der Waals surface area contributed by atoms with Crippen LogP contribution >= 0.6 is 0 Å². The highest BCUT2D eigenvalue weighted by Gasteiger charge is 2.30. The van der Waals surface area contributed by atoms with Crippen molar-refractivity contribution < 1.29 is 17.6 Å². The van der Waals surface area contributed by atoms with Crippen molar-refractivity contribution in [2.24, 2.45) is 0 Å². The number of imidazole rings is 1. The summed E-state index contributed by atoms with van der Waals surface area (Å²) < 4.78 is 51.7. The quantitative estimate of drug-likeness (QED) is 0.527. The van der Waals surface area contributed by atoms with E-state index in [1.165, 1.54) is 24.3 Å². The number of nitrogens with one attached hydrogen (secondary N) is 1. The molecule has 1 heterocycles. The van der Waals surface area contributed by atoms with E-state index < -0.39 is 17.6 Å². The average molecular weight is 295 g/mol. The number of nitrogen functional groups attached to an aromatic ring is 1. The molecular weight excluding hydrogens is 286 g/mol. The average Bonchev–Trinajstić information content (AvgIpc) is 2.83. The van der Waals surface area contributed by atoms with Gasteiger partial charge in [-0.1, -0.05) is 0 Å². The molecule has 0 atom stereocenters. The Morgan fingerprint density at radius 1 is 1.05 bits per heavy atom. The van der Waals surface area contributed by atoms with Gasteiger partial charge >= 0.3 is 6.18 Å². The molecule has 0 aliphatic heterocycles. The van der Waals surface area contributed by atoms with Gasteiger partial charge in [-0.05, 0) is 36.4 Å². The predicted molar refractivity (Wildman–Crippen MR) is 70.9 cm³/mol. The Balaban J connectivity index is 2.15. The Morgan fingerprint density at radius 2 is 1.81 bits per heavy atom. The van der Waals surface area contributed by atoms with E-state index in [4.69, 9.17) is 5.73 Å². The molecule has 2 aromatic carbocycles. The Kier molecular flexibility index (Phi) is 2.86. The molecule has 0 unspecified atom stereocenters. The first-order valence-electron chi connectivity index (χ1n) is 5.97. The summed E-state index contributed by atoms with van der Waals surface area (Å²) >= 11 is 0. The van der Waals surface area contributed by atoms with Crippen molar-refractivity contribution in [2.75, 3.05) is 5.73 Å². The number of hydrogen-bond donors (Lipinski definition) is 2. The van der Waals surface area contributed by atoms with Crippen molar-refractivity contribution in [1.82, 2.24) is 9.97 Å². The zero-order valence-corrected chi connectivity index (χ0v) is 10.5. The van der Waals surface area contributed by atoms with Gasteiger partial charge in [0.2, 0.25) is 0 Å². The zero-order chi connectivity index (χ0) is 15.2. The van der Waals surface area contributed by atoms with Gasteiger partial charge in [0, 0.05) is 5.69 Å². The standard InChI is InChI=1S/C14H9F4N3/c15-10-3-2-8(19)6-9(10)13-20-11-4-1-7(14(16,17)18)5-12(11)21-13/h1-6H,19H2,(H,20,21). The fraction of sp³-hybridized carbons (Fsp3) is 0.0714. The number of aromatic amines is 1. The number of nitrogens with zero attached hydrogens (tertiary/aromatic N) is 1. The molecule has 0 aliphatic carbocycles. The minimum absolute atomic E-state index is 0.111. The summed E-state index contributed by atoms with van der Waals surface area (Å²) in [7, 11) is 0. The van der Waals surface area contributed by atoms with Gasteiger partial charge in [0.05, 0.1) is 22.2 Å². The van der Waals surface area contributed by atoms with Crippen LogP contribution in [0.25, 0.3) is 22.4 Å². The lowest BCUT2D eigenvalue weighted by Gasteiger charge is -2.05. The van der Waals surface area contributed by atoms with Gasteiger partial charge in [0.1, 0.15) is 11.6 Å². The number of anilines is 1. The van der Waals surface area contributed by atoms with E-state index >= 15 is 0 Å². The van der Waals surface area contributed by atoms with Crippen LogP contribution in [0.2, 0.25) is 0 Å². The van der Waals surface area contributed by atoms with E-state index in [9.17, 15) is 17.6 Å². The minimum atomic E-state index is -4.44. The summed E-state index contributed by atoms with van der Waals surface area (Å²) in [5.41, 5.74) is 5.74. The van der Waals surface area contributed by atoms with Gasteiger partial charge in [-0.2, -0.15) is 13.2 Å². The number of nitrogens with two attached hydrogens (primary N) is 1. The van der Waals surface area contributed by atoms with Gasteiger partial charge in [0.25, 0.3) is 0 Å². The van der Waals surface area contributed by atoms with E-state index in [1.807, 2.05) is 0 Å². The molecule has 0 aliphatic rings. The molecule has 3 aromatic rings. The molecule has 108 valence electrons. The molecule has 21 heavy (non-hydrogen) atoms. The molecule has 3 nitrogen and oxygen atoms in total. The monoisotopic (exact) mass is 295 g/mol. The first-order chi connectivity index (χ1) is 9.84. The third-order valence-electron chi connectivity index (χ3n) is 3.05. The van der Waals surface area contributed by atoms with Crippen LogP contribution in [0.1, 0.15) is 5.56 Å². The van der Waals surface area contributed by atoms with Crippen molar-refractivity contribution in [3.05, 3.63) is 47.8 Å².